The predicted octanol–water partition coefficient (Wildman–Crippen LogP) is 1.66. The minimum absolute atomic E-state index is 0. The van der Waals surface area contributed by atoms with E-state index in [1.807, 2.05) is 17.8 Å². The number of halogens is 2. The van der Waals surface area contributed by atoms with Gasteiger partial charge in [0.25, 0.3) is 0 Å². The Kier molecular flexibility index (Phi) is 6.50. The van der Waals surface area contributed by atoms with Gasteiger partial charge in [0, 0.05) is 26.0 Å². The number of imidazole rings is 1. The van der Waals surface area contributed by atoms with Crippen LogP contribution >= 0.6 is 24.8 Å². The first-order chi connectivity index (χ1) is 9.22. The van der Waals surface area contributed by atoms with E-state index in [1.165, 1.54) is 19.3 Å². The number of aromatic nitrogens is 2. The second kappa shape index (κ2) is 7.47. The molecular weight excluding hydrogens is 311 g/mol. The Hall–Kier alpha value is -0.780. The molecule has 1 aliphatic heterocycles. The molecule has 1 saturated heterocycles. The molecule has 1 aliphatic carbocycles. The Morgan fingerprint density at radius 2 is 2.33 bits per heavy atom. The highest BCUT2D eigenvalue weighted by molar-refractivity contribution is 5.85. The topological polar surface area (TPSA) is 59.0 Å². The molecule has 0 radical (unpaired) electrons. The number of hydrogen-bond acceptors (Lipinski definition) is 3. The van der Waals surface area contributed by atoms with E-state index in [4.69, 9.17) is 0 Å². The van der Waals surface area contributed by atoms with Gasteiger partial charge in [-0.1, -0.05) is 12.8 Å². The lowest BCUT2D eigenvalue weighted by molar-refractivity contribution is -0.134. The highest BCUT2D eigenvalue weighted by Gasteiger charge is 2.49. The van der Waals surface area contributed by atoms with Crippen LogP contribution in [0.3, 0.4) is 0 Å². The third kappa shape index (κ3) is 3.35. The van der Waals surface area contributed by atoms with Gasteiger partial charge in [0.2, 0.25) is 5.91 Å². The van der Waals surface area contributed by atoms with Crippen molar-refractivity contribution in [2.75, 3.05) is 13.1 Å². The Balaban J connectivity index is 0.00000110. The molecule has 0 unspecified atom stereocenters. The number of amides is 1. The van der Waals surface area contributed by atoms with Gasteiger partial charge in [0.1, 0.15) is 5.82 Å². The molecule has 3 rings (SSSR count). The van der Waals surface area contributed by atoms with Gasteiger partial charge in [-0.2, -0.15) is 0 Å². The Bertz CT molecular complexity index is 479. The van der Waals surface area contributed by atoms with Gasteiger partial charge in [0.15, 0.2) is 0 Å². The van der Waals surface area contributed by atoms with E-state index in [1.54, 1.807) is 6.20 Å². The fraction of sp³-hybridized carbons (Fsp3) is 0.714. The summed E-state index contributed by atoms with van der Waals surface area (Å²) in [4.78, 5) is 16.9. The highest BCUT2D eigenvalue weighted by Crippen LogP contribution is 2.43. The Morgan fingerprint density at radius 3 is 3.05 bits per heavy atom. The van der Waals surface area contributed by atoms with Crippen molar-refractivity contribution >= 4 is 30.7 Å². The zero-order valence-electron chi connectivity index (χ0n) is 12.3. The molecule has 1 saturated carbocycles. The van der Waals surface area contributed by atoms with Crippen LogP contribution in [0.1, 0.15) is 31.5 Å². The molecule has 1 aromatic rings. The van der Waals surface area contributed by atoms with Crippen LogP contribution in [0.15, 0.2) is 12.4 Å². The van der Waals surface area contributed by atoms with Crippen LogP contribution in [0, 0.1) is 11.3 Å². The van der Waals surface area contributed by atoms with Gasteiger partial charge >= 0.3 is 0 Å². The van der Waals surface area contributed by atoms with E-state index in [-0.39, 0.29) is 36.1 Å². The maximum absolute atomic E-state index is 12.6. The molecule has 21 heavy (non-hydrogen) atoms. The number of rotatable bonds is 3. The lowest BCUT2D eigenvalue weighted by Crippen LogP contribution is -2.47. The summed E-state index contributed by atoms with van der Waals surface area (Å²) < 4.78 is 1.95. The smallest absolute Gasteiger partial charge is 0.228 e. The van der Waals surface area contributed by atoms with Crippen molar-refractivity contribution < 1.29 is 4.79 Å². The number of fused-ring (bicyclic) bond motifs is 1. The number of aryl methyl sites for hydroxylation is 1. The minimum atomic E-state index is -0.163. The minimum Gasteiger partial charge on any atom is -0.348 e. The fourth-order valence-corrected chi connectivity index (χ4v) is 3.59. The number of nitrogens with one attached hydrogen (secondary N) is 2. The van der Waals surface area contributed by atoms with Crippen molar-refractivity contribution in [3.63, 3.8) is 0 Å². The molecule has 2 aliphatic rings. The summed E-state index contributed by atoms with van der Waals surface area (Å²) in [5, 5.41) is 6.50. The van der Waals surface area contributed by atoms with Gasteiger partial charge in [-0.05, 0) is 25.3 Å². The molecule has 2 heterocycles. The molecule has 2 N–H and O–H groups in total. The number of carbonyl (C=O) groups is 1. The SMILES string of the molecule is Cl.Cl.Cn1ccnc1CNC(=O)[C@@]12CCCC[C@H]1CNC2. The average Bonchev–Trinajstić information content (AvgIpc) is 3.02. The molecule has 0 bridgehead atoms. The quantitative estimate of drug-likeness (QED) is 0.883. The summed E-state index contributed by atoms with van der Waals surface area (Å²) in [5.41, 5.74) is -0.163. The summed E-state index contributed by atoms with van der Waals surface area (Å²) in [7, 11) is 1.95. The van der Waals surface area contributed by atoms with Gasteiger partial charge in [-0.15, -0.1) is 24.8 Å². The molecule has 0 aromatic carbocycles. The molecule has 5 nitrogen and oxygen atoms in total. The summed E-state index contributed by atoms with van der Waals surface area (Å²) in [6, 6.07) is 0. The van der Waals surface area contributed by atoms with Crippen LogP contribution in [0.4, 0.5) is 0 Å². The highest BCUT2D eigenvalue weighted by atomic mass is 35.5. The van der Waals surface area contributed by atoms with E-state index >= 15 is 0 Å². The third-order valence-electron chi connectivity index (χ3n) is 4.82. The maximum atomic E-state index is 12.6. The lowest BCUT2D eigenvalue weighted by atomic mass is 9.67. The molecule has 1 aromatic heterocycles. The first-order valence-corrected chi connectivity index (χ1v) is 7.17. The van der Waals surface area contributed by atoms with Crippen LogP contribution in [0.25, 0.3) is 0 Å². The molecule has 1 amide bonds. The van der Waals surface area contributed by atoms with Crippen molar-refractivity contribution in [1.82, 2.24) is 20.2 Å². The van der Waals surface area contributed by atoms with E-state index < -0.39 is 0 Å². The lowest BCUT2D eigenvalue weighted by Gasteiger charge is -2.37. The number of hydrogen-bond donors (Lipinski definition) is 2. The van der Waals surface area contributed by atoms with Gasteiger partial charge in [-0.3, -0.25) is 4.79 Å². The van der Waals surface area contributed by atoms with Crippen LogP contribution in [-0.4, -0.2) is 28.5 Å². The molecule has 7 heteroatoms. The largest absolute Gasteiger partial charge is 0.348 e. The van der Waals surface area contributed by atoms with Crippen molar-refractivity contribution in [2.24, 2.45) is 18.4 Å². The normalized spacial score (nSPS) is 27.2. The van der Waals surface area contributed by atoms with Crippen LogP contribution in [0.5, 0.6) is 0 Å². The van der Waals surface area contributed by atoms with E-state index in [9.17, 15) is 4.79 Å². The fourth-order valence-electron chi connectivity index (χ4n) is 3.59. The van der Waals surface area contributed by atoms with Crippen molar-refractivity contribution in [1.29, 1.82) is 0 Å². The van der Waals surface area contributed by atoms with Gasteiger partial charge in [0.05, 0.1) is 12.0 Å². The summed E-state index contributed by atoms with van der Waals surface area (Å²) in [5.74, 6) is 1.64. The molecule has 120 valence electrons. The van der Waals surface area contributed by atoms with Crippen LogP contribution in [-0.2, 0) is 18.4 Å². The van der Waals surface area contributed by atoms with E-state index in [0.29, 0.717) is 12.5 Å². The number of carbonyl (C=O) groups excluding carboxylic acids is 1. The second-order valence-electron chi connectivity index (χ2n) is 5.87. The summed E-state index contributed by atoms with van der Waals surface area (Å²) in [6.45, 7) is 2.36. The third-order valence-corrected chi connectivity index (χ3v) is 4.82. The first kappa shape index (κ1) is 18.3. The zero-order chi connectivity index (χ0) is 13.3. The Labute approximate surface area is 138 Å². The molecular formula is C14H24Cl2N4O. The monoisotopic (exact) mass is 334 g/mol. The van der Waals surface area contributed by atoms with Gasteiger partial charge in [-0.25, -0.2) is 4.98 Å². The zero-order valence-corrected chi connectivity index (χ0v) is 13.9. The maximum Gasteiger partial charge on any atom is 0.228 e. The average molecular weight is 335 g/mol. The standard InChI is InChI=1S/C14H22N4O.2ClH/c1-18-7-6-16-12(18)9-17-13(19)14-5-3-2-4-11(14)8-15-10-14;;/h6-7,11,15H,2-5,8-10H2,1H3,(H,17,19);2*1H/t11-,14+;;/m0../s1. The van der Waals surface area contributed by atoms with Crippen molar-refractivity contribution in [2.45, 2.75) is 32.2 Å². The predicted molar refractivity (Wildman–Crippen MR) is 86.8 cm³/mol. The second-order valence-corrected chi connectivity index (χ2v) is 5.87. The number of nitrogens with zero attached hydrogens (tertiary/aromatic N) is 2. The molecule has 2 fully saturated rings. The van der Waals surface area contributed by atoms with E-state index in [2.05, 4.69) is 15.6 Å². The molecule has 0 spiro atoms. The van der Waals surface area contributed by atoms with Crippen LogP contribution in [0.2, 0.25) is 0 Å². The first-order valence-electron chi connectivity index (χ1n) is 7.17. The van der Waals surface area contributed by atoms with Crippen molar-refractivity contribution in [3.8, 4) is 0 Å². The summed E-state index contributed by atoms with van der Waals surface area (Å²) >= 11 is 0. The summed E-state index contributed by atoms with van der Waals surface area (Å²) in [6.07, 6.45) is 8.31. The van der Waals surface area contributed by atoms with Crippen LogP contribution < -0.4 is 10.6 Å². The Morgan fingerprint density at radius 1 is 1.52 bits per heavy atom. The van der Waals surface area contributed by atoms with Gasteiger partial charge < -0.3 is 15.2 Å². The van der Waals surface area contributed by atoms with E-state index in [0.717, 1.165) is 25.3 Å². The van der Waals surface area contributed by atoms with Crippen molar-refractivity contribution in [3.05, 3.63) is 18.2 Å². The molecule has 2 atom stereocenters.